The number of methoxy groups -OCH3 is 1. The molecule has 10 heteroatoms. The van der Waals surface area contributed by atoms with E-state index in [1.54, 1.807) is 6.92 Å². The Bertz CT molecular complexity index is 1070. The molecule has 1 aliphatic heterocycles. The van der Waals surface area contributed by atoms with Crippen molar-refractivity contribution >= 4 is 39.0 Å². The van der Waals surface area contributed by atoms with Gasteiger partial charge in [0, 0.05) is 31.9 Å². The Morgan fingerprint density at radius 2 is 1.74 bits per heavy atom. The van der Waals surface area contributed by atoms with Crippen LogP contribution in [0.4, 0.5) is 5.69 Å². The number of hydrogen-bond donors (Lipinski definition) is 1. The Hall–Kier alpha value is -2.43. The van der Waals surface area contributed by atoms with E-state index in [2.05, 4.69) is 12.2 Å². The third kappa shape index (κ3) is 4.76. The molecule has 2 heterocycles. The van der Waals surface area contributed by atoms with Crippen LogP contribution in [-0.4, -0.2) is 62.0 Å². The maximum absolute atomic E-state index is 13.3. The van der Waals surface area contributed by atoms with Crippen molar-refractivity contribution in [3.8, 4) is 0 Å². The van der Waals surface area contributed by atoms with Gasteiger partial charge in [-0.3, -0.25) is 0 Å². The van der Waals surface area contributed by atoms with Gasteiger partial charge in [-0.15, -0.1) is 0 Å². The summed E-state index contributed by atoms with van der Waals surface area (Å²) >= 11 is 5.51. The molecule has 0 spiro atoms. The first-order chi connectivity index (χ1) is 14.7. The van der Waals surface area contributed by atoms with Gasteiger partial charge in [-0.2, -0.15) is 4.31 Å². The topological polar surface area (TPSA) is 92.1 Å². The van der Waals surface area contributed by atoms with E-state index in [0.717, 1.165) is 12.1 Å². The average Bonchev–Trinajstić information content (AvgIpc) is 3.08. The number of thiocarbonyl (C=S) groups is 1. The highest BCUT2D eigenvalue weighted by Crippen LogP contribution is 2.30. The number of benzene rings is 1. The monoisotopic (exact) mass is 465 g/mol. The molecule has 1 fully saturated rings. The molecule has 1 aromatic heterocycles. The average molecular weight is 466 g/mol. The summed E-state index contributed by atoms with van der Waals surface area (Å²) in [5, 5.41) is 3.75. The number of ether oxygens (including phenoxy) is 1. The molecule has 168 valence electrons. The van der Waals surface area contributed by atoms with Crippen molar-refractivity contribution in [1.29, 1.82) is 0 Å². The van der Waals surface area contributed by atoms with Crippen molar-refractivity contribution in [3.63, 3.8) is 0 Å². The summed E-state index contributed by atoms with van der Waals surface area (Å²) in [5.74, 6) is -0.333. The highest BCUT2D eigenvalue weighted by molar-refractivity contribution is 7.89. The van der Waals surface area contributed by atoms with Gasteiger partial charge in [0.1, 0.15) is 22.0 Å². The molecule has 1 aromatic carbocycles. The molecule has 2 aromatic rings. The third-order valence-corrected chi connectivity index (χ3v) is 7.74. The first-order valence-corrected chi connectivity index (χ1v) is 11.9. The lowest BCUT2D eigenvalue weighted by molar-refractivity contribution is 0.0594. The van der Waals surface area contributed by atoms with Crippen LogP contribution in [0.5, 0.6) is 0 Å². The molecule has 0 saturated carbocycles. The Balaban J connectivity index is 1.70. The Labute approximate surface area is 188 Å². The number of carbonyl (C=O) groups excluding carboxylic acids is 1. The van der Waals surface area contributed by atoms with Crippen LogP contribution in [-0.2, 0) is 21.2 Å². The van der Waals surface area contributed by atoms with Gasteiger partial charge < -0.3 is 19.4 Å². The predicted octanol–water partition coefficient (Wildman–Crippen LogP) is 2.95. The van der Waals surface area contributed by atoms with E-state index < -0.39 is 16.0 Å². The highest BCUT2D eigenvalue weighted by Gasteiger charge is 2.37. The minimum atomic E-state index is -3.92. The zero-order valence-electron chi connectivity index (χ0n) is 18.1. The first-order valence-electron chi connectivity index (χ1n) is 10.0. The van der Waals surface area contributed by atoms with Crippen LogP contribution in [0.2, 0.25) is 0 Å². The highest BCUT2D eigenvalue weighted by atomic mass is 32.2. The predicted molar refractivity (Wildman–Crippen MR) is 122 cm³/mol. The molecule has 0 atom stereocenters. The number of rotatable bonds is 5. The van der Waals surface area contributed by atoms with Crippen molar-refractivity contribution in [2.75, 3.05) is 38.6 Å². The molecule has 0 bridgehead atoms. The number of nitrogens with one attached hydrogen (secondary N) is 1. The number of carbonyl (C=O) groups is 1. The van der Waals surface area contributed by atoms with Crippen LogP contribution in [0.3, 0.4) is 0 Å². The van der Waals surface area contributed by atoms with Crippen LogP contribution in [0.15, 0.2) is 33.6 Å². The maximum Gasteiger partial charge on any atom is 0.342 e. The first kappa shape index (κ1) is 23.2. The number of aryl methyl sites for hydroxylation is 3. The number of furan rings is 1. The molecule has 1 saturated heterocycles. The molecule has 8 nitrogen and oxygen atoms in total. The molecule has 1 aliphatic rings. The van der Waals surface area contributed by atoms with Crippen molar-refractivity contribution in [3.05, 3.63) is 46.9 Å². The maximum atomic E-state index is 13.3. The van der Waals surface area contributed by atoms with Gasteiger partial charge in [0.2, 0.25) is 10.0 Å². The summed E-state index contributed by atoms with van der Waals surface area (Å²) in [6.45, 7) is 6.52. The van der Waals surface area contributed by atoms with Crippen molar-refractivity contribution in [2.45, 2.75) is 32.1 Å². The quantitative estimate of drug-likeness (QED) is 0.532. The van der Waals surface area contributed by atoms with E-state index in [1.165, 1.54) is 23.9 Å². The van der Waals surface area contributed by atoms with Gasteiger partial charge in [-0.25, -0.2) is 13.2 Å². The fourth-order valence-electron chi connectivity index (χ4n) is 3.60. The van der Waals surface area contributed by atoms with Crippen LogP contribution in [0.1, 0.15) is 34.4 Å². The molecule has 31 heavy (non-hydrogen) atoms. The fraction of sp³-hybridized carbons (Fsp3) is 0.429. The summed E-state index contributed by atoms with van der Waals surface area (Å²) in [4.78, 5) is 14.0. The number of nitrogens with zero attached hydrogens (tertiary/aromatic N) is 2. The van der Waals surface area contributed by atoms with Crippen LogP contribution in [0, 0.1) is 13.8 Å². The SMILES string of the molecule is CCc1ccc(NC(=S)N2CCN(S(=O)(=O)c3c(C)oc(C)c3C(=O)OC)CC2)cc1. The van der Waals surface area contributed by atoms with Gasteiger partial charge in [0.05, 0.1) is 7.11 Å². The van der Waals surface area contributed by atoms with Gasteiger partial charge in [-0.1, -0.05) is 19.1 Å². The zero-order chi connectivity index (χ0) is 22.8. The summed E-state index contributed by atoms with van der Waals surface area (Å²) < 4.78 is 38.1. The molecule has 0 amide bonds. The fourth-order valence-corrected chi connectivity index (χ4v) is 5.69. The molecule has 0 unspecified atom stereocenters. The van der Waals surface area contributed by atoms with Crippen LogP contribution < -0.4 is 5.32 Å². The molecular formula is C21H27N3O5S2. The van der Waals surface area contributed by atoms with Gasteiger partial charge in [0.15, 0.2) is 5.11 Å². The number of sulfonamides is 1. The summed E-state index contributed by atoms with van der Waals surface area (Å²) in [5.41, 5.74) is 2.09. The van der Waals surface area contributed by atoms with E-state index in [9.17, 15) is 13.2 Å². The molecular weight excluding hydrogens is 438 g/mol. The molecule has 0 aliphatic carbocycles. The lowest BCUT2D eigenvalue weighted by atomic mass is 10.1. The lowest BCUT2D eigenvalue weighted by Crippen LogP contribution is -2.51. The Morgan fingerprint density at radius 3 is 2.29 bits per heavy atom. The van der Waals surface area contributed by atoms with Gasteiger partial charge >= 0.3 is 5.97 Å². The summed E-state index contributed by atoms with van der Waals surface area (Å²) in [6.07, 6.45) is 0.967. The number of esters is 1. The van der Waals surface area contributed by atoms with E-state index in [4.69, 9.17) is 21.4 Å². The minimum Gasteiger partial charge on any atom is -0.465 e. The number of piperazine rings is 1. The second-order valence-corrected chi connectivity index (χ2v) is 9.54. The van der Waals surface area contributed by atoms with E-state index in [-0.39, 0.29) is 35.1 Å². The summed E-state index contributed by atoms with van der Waals surface area (Å²) in [7, 11) is -2.71. The van der Waals surface area contributed by atoms with E-state index >= 15 is 0 Å². The largest absolute Gasteiger partial charge is 0.465 e. The summed E-state index contributed by atoms with van der Waals surface area (Å²) in [6, 6.07) is 8.04. The second kappa shape index (κ2) is 9.37. The second-order valence-electron chi connectivity index (χ2n) is 7.28. The standard InChI is InChI=1S/C21H27N3O5S2/c1-5-16-6-8-17(9-7-16)22-21(30)23-10-12-24(13-11-23)31(26,27)19-15(3)29-14(2)18(19)20(25)28-4/h6-9H,5,10-13H2,1-4H3,(H,22,30). The lowest BCUT2D eigenvalue weighted by Gasteiger charge is -2.35. The number of anilines is 1. The van der Waals surface area contributed by atoms with Crippen molar-refractivity contribution < 1.29 is 22.4 Å². The van der Waals surface area contributed by atoms with Crippen molar-refractivity contribution in [2.24, 2.45) is 0 Å². The Kier molecular flexibility index (Phi) is 7.03. The van der Waals surface area contributed by atoms with Crippen molar-refractivity contribution in [1.82, 2.24) is 9.21 Å². The Morgan fingerprint density at radius 1 is 1.13 bits per heavy atom. The number of hydrogen-bond acceptors (Lipinski definition) is 6. The smallest absolute Gasteiger partial charge is 0.342 e. The molecule has 1 N–H and O–H groups in total. The third-order valence-electron chi connectivity index (χ3n) is 5.33. The zero-order valence-corrected chi connectivity index (χ0v) is 19.7. The van der Waals surface area contributed by atoms with Crippen LogP contribution in [0.25, 0.3) is 0 Å². The molecule has 0 radical (unpaired) electrons. The van der Waals surface area contributed by atoms with E-state index in [1.807, 2.05) is 29.2 Å². The van der Waals surface area contributed by atoms with E-state index in [0.29, 0.717) is 18.2 Å². The van der Waals surface area contributed by atoms with Gasteiger partial charge in [0.25, 0.3) is 0 Å². The molecule has 3 rings (SSSR count). The van der Waals surface area contributed by atoms with Crippen LogP contribution >= 0.6 is 12.2 Å². The van der Waals surface area contributed by atoms with Gasteiger partial charge in [-0.05, 0) is 50.2 Å². The normalized spacial score (nSPS) is 15.0. The minimum absolute atomic E-state index is 0.0462.